The quantitative estimate of drug-likeness (QED) is 0.146. The topological polar surface area (TPSA) is 18.1 Å². The lowest BCUT2D eigenvalue weighted by Crippen LogP contribution is -2.74. The van der Waals surface area contributed by atoms with Gasteiger partial charge in [-0.3, -0.25) is 0 Å². The third kappa shape index (κ3) is 3.81. The molecule has 0 atom stereocenters. The van der Waals surface area contributed by atoms with E-state index in [0.29, 0.717) is 0 Å². The molecule has 0 radical (unpaired) electrons. The van der Waals surface area contributed by atoms with Gasteiger partial charge in [-0.15, -0.1) is 0 Å². The number of rotatable bonds is 5. The highest BCUT2D eigenvalue weighted by Gasteiger charge is 2.44. The number of benzene rings is 7. The molecule has 2 aromatic heterocycles. The van der Waals surface area contributed by atoms with E-state index in [0.717, 1.165) is 27.6 Å². The highest BCUT2D eigenvalue weighted by molar-refractivity contribution is 7.20. The van der Waals surface area contributed by atoms with Gasteiger partial charge >= 0.3 is 0 Å². The van der Waals surface area contributed by atoms with E-state index in [2.05, 4.69) is 180 Å². The minimum Gasteiger partial charge on any atom is -0.456 e. The molecule has 0 N–H and O–H groups in total. The van der Waals surface area contributed by atoms with Gasteiger partial charge in [0.25, 0.3) is 0 Å². The molecule has 9 rings (SSSR count). The molecule has 212 valence electrons. The molecule has 0 amide bonds. The molecule has 2 nitrogen and oxygen atoms in total. The van der Waals surface area contributed by atoms with E-state index in [-0.39, 0.29) is 0 Å². The second-order valence-electron chi connectivity index (χ2n) is 11.7. The third-order valence-electron chi connectivity index (χ3n) is 9.34. The molecule has 0 aliphatic rings. The van der Waals surface area contributed by atoms with Crippen molar-refractivity contribution in [3.05, 3.63) is 176 Å². The van der Waals surface area contributed by atoms with Gasteiger partial charge in [0.2, 0.25) is 0 Å². The molecule has 0 bridgehead atoms. The number of nitrogens with zero attached hydrogens (tertiary/aromatic N) is 1. The van der Waals surface area contributed by atoms with E-state index in [1.54, 1.807) is 0 Å². The van der Waals surface area contributed by atoms with E-state index < -0.39 is 8.07 Å². The van der Waals surface area contributed by atoms with Gasteiger partial charge < -0.3 is 8.98 Å². The second kappa shape index (κ2) is 10.2. The van der Waals surface area contributed by atoms with Gasteiger partial charge in [0.1, 0.15) is 11.2 Å². The standard InChI is InChI=1S/C42H29NOSi/c1-4-15-30(16-5-1)43-38-24-12-10-21-34(38)35-28-27-33(29-39(35)43)45(31-17-6-2-7-18-31,32-19-8-3-9-20-32)41-26-14-23-37-36-22-11-13-25-40(36)44-42(37)41/h1-29H. The highest BCUT2D eigenvalue weighted by atomic mass is 28.3. The lowest BCUT2D eigenvalue weighted by Gasteiger charge is -2.34. The normalized spacial score (nSPS) is 12.0. The Balaban J connectivity index is 1.47. The fraction of sp³-hybridized carbons (Fsp3) is 0. The molecule has 7 aromatic carbocycles. The summed E-state index contributed by atoms with van der Waals surface area (Å²) in [6.45, 7) is 0. The zero-order valence-corrected chi connectivity index (χ0v) is 25.6. The molecular weight excluding hydrogens is 563 g/mol. The fourth-order valence-corrected chi connectivity index (χ4v) is 12.3. The maximum atomic E-state index is 6.81. The molecule has 0 spiro atoms. The van der Waals surface area contributed by atoms with Crippen LogP contribution >= 0.6 is 0 Å². The van der Waals surface area contributed by atoms with Crippen molar-refractivity contribution in [1.82, 2.24) is 4.57 Å². The van der Waals surface area contributed by atoms with Crippen molar-refractivity contribution in [1.29, 1.82) is 0 Å². The molecule has 0 saturated carbocycles. The van der Waals surface area contributed by atoms with Crippen LogP contribution in [0.1, 0.15) is 0 Å². The molecule has 2 heterocycles. The minimum atomic E-state index is -2.92. The van der Waals surface area contributed by atoms with Crippen molar-refractivity contribution in [2.24, 2.45) is 0 Å². The number of para-hydroxylation sites is 4. The van der Waals surface area contributed by atoms with Crippen molar-refractivity contribution in [2.75, 3.05) is 0 Å². The van der Waals surface area contributed by atoms with Gasteiger partial charge in [0.15, 0.2) is 8.07 Å². The second-order valence-corrected chi connectivity index (χ2v) is 15.5. The zero-order chi connectivity index (χ0) is 29.8. The van der Waals surface area contributed by atoms with Gasteiger partial charge in [-0.05, 0) is 51.1 Å². The van der Waals surface area contributed by atoms with Crippen LogP contribution in [-0.2, 0) is 0 Å². The monoisotopic (exact) mass is 591 g/mol. The van der Waals surface area contributed by atoms with E-state index in [1.807, 2.05) is 0 Å². The summed E-state index contributed by atoms with van der Waals surface area (Å²) in [5, 5.41) is 10.1. The van der Waals surface area contributed by atoms with Gasteiger partial charge in [-0.2, -0.15) is 0 Å². The molecule has 9 aromatic rings. The van der Waals surface area contributed by atoms with Crippen LogP contribution in [0.3, 0.4) is 0 Å². The fourth-order valence-electron chi connectivity index (χ4n) is 7.44. The Morgan fingerprint density at radius 3 is 1.71 bits per heavy atom. The maximum Gasteiger partial charge on any atom is 0.184 e. The van der Waals surface area contributed by atoms with Crippen LogP contribution in [0.2, 0.25) is 0 Å². The predicted molar refractivity (Wildman–Crippen MR) is 192 cm³/mol. The van der Waals surface area contributed by atoms with E-state index in [1.165, 1.54) is 42.6 Å². The first-order chi connectivity index (χ1) is 22.3. The SMILES string of the molecule is c1ccc(-n2c3ccccc3c3ccc([Si](c4ccccc4)(c4ccccc4)c4cccc5c4oc4ccccc45)cc32)cc1. The first-order valence-electron chi connectivity index (χ1n) is 15.4. The Hall–Kier alpha value is -5.64. The number of fused-ring (bicyclic) bond motifs is 6. The summed E-state index contributed by atoms with van der Waals surface area (Å²) in [6, 6.07) is 64.0. The summed E-state index contributed by atoms with van der Waals surface area (Å²) in [6.07, 6.45) is 0. The molecule has 0 saturated heterocycles. The van der Waals surface area contributed by atoms with E-state index in [4.69, 9.17) is 4.42 Å². The smallest absolute Gasteiger partial charge is 0.184 e. The van der Waals surface area contributed by atoms with Crippen LogP contribution in [0.15, 0.2) is 180 Å². The number of furan rings is 1. The van der Waals surface area contributed by atoms with Crippen molar-refractivity contribution < 1.29 is 4.42 Å². The Bertz CT molecular complexity index is 2440. The number of hydrogen-bond donors (Lipinski definition) is 0. The molecule has 0 aliphatic heterocycles. The first-order valence-corrected chi connectivity index (χ1v) is 17.4. The molecule has 45 heavy (non-hydrogen) atoms. The Kier molecular flexibility index (Phi) is 5.87. The summed E-state index contributed by atoms with van der Waals surface area (Å²) >= 11 is 0. The lowest BCUT2D eigenvalue weighted by atomic mass is 10.1. The lowest BCUT2D eigenvalue weighted by molar-refractivity contribution is 0.671. The molecule has 3 heteroatoms. The first kappa shape index (κ1) is 25.8. The summed E-state index contributed by atoms with van der Waals surface area (Å²) in [4.78, 5) is 0. The zero-order valence-electron chi connectivity index (χ0n) is 24.6. The molecule has 0 fully saturated rings. The van der Waals surface area contributed by atoms with Crippen molar-refractivity contribution in [2.45, 2.75) is 0 Å². The number of hydrogen-bond acceptors (Lipinski definition) is 1. The van der Waals surface area contributed by atoms with E-state index in [9.17, 15) is 0 Å². The molecular formula is C42H29NOSi. The Morgan fingerprint density at radius 1 is 0.400 bits per heavy atom. The van der Waals surface area contributed by atoms with Crippen LogP contribution in [0.25, 0.3) is 49.4 Å². The van der Waals surface area contributed by atoms with Crippen LogP contribution in [0, 0.1) is 0 Å². The van der Waals surface area contributed by atoms with Crippen LogP contribution in [0.5, 0.6) is 0 Å². The van der Waals surface area contributed by atoms with Crippen LogP contribution in [-0.4, -0.2) is 12.6 Å². The van der Waals surface area contributed by atoms with Crippen LogP contribution in [0.4, 0.5) is 0 Å². The predicted octanol–water partition coefficient (Wildman–Crippen LogP) is 8.06. The maximum absolute atomic E-state index is 6.81. The Labute approximate surface area is 262 Å². The molecule has 0 unspecified atom stereocenters. The van der Waals surface area contributed by atoms with Gasteiger partial charge in [-0.25, -0.2) is 0 Å². The minimum absolute atomic E-state index is 0.920. The average Bonchev–Trinajstić information content (AvgIpc) is 3.66. The Morgan fingerprint density at radius 2 is 0.978 bits per heavy atom. The summed E-state index contributed by atoms with van der Waals surface area (Å²) in [7, 11) is -2.92. The van der Waals surface area contributed by atoms with Crippen LogP contribution < -0.4 is 20.7 Å². The van der Waals surface area contributed by atoms with Crippen molar-refractivity contribution in [3.63, 3.8) is 0 Å². The van der Waals surface area contributed by atoms with E-state index >= 15 is 0 Å². The van der Waals surface area contributed by atoms with Gasteiger partial charge in [-0.1, -0.05) is 146 Å². The van der Waals surface area contributed by atoms with Crippen molar-refractivity contribution >= 4 is 72.6 Å². The third-order valence-corrected chi connectivity index (χ3v) is 14.1. The van der Waals surface area contributed by atoms with Gasteiger partial charge in [0, 0.05) is 27.2 Å². The molecule has 0 aliphatic carbocycles. The average molecular weight is 592 g/mol. The van der Waals surface area contributed by atoms with Crippen molar-refractivity contribution in [3.8, 4) is 5.69 Å². The summed E-state index contributed by atoms with van der Waals surface area (Å²) < 4.78 is 9.23. The summed E-state index contributed by atoms with van der Waals surface area (Å²) in [5.74, 6) is 0. The highest BCUT2D eigenvalue weighted by Crippen LogP contribution is 2.33. The number of aromatic nitrogens is 1. The largest absolute Gasteiger partial charge is 0.456 e. The summed E-state index contributed by atoms with van der Waals surface area (Å²) in [5.41, 5.74) is 5.47. The van der Waals surface area contributed by atoms with Gasteiger partial charge in [0.05, 0.1) is 11.0 Å².